The van der Waals surface area contributed by atoms with Gasteiger partial charge in [0.25, 0.3) is 5.91 Å². The van der Waals surface area contributed by atoms with Gasteiger partial charge in [0, 0.05) is 17.4 Å². The lowest BCUT2D eigenvalue weighted by atomic mass is 10.0. The summed E-state index contributed by atoms with van der Waals surface area (Å²) >= 11 is 0. The molecule has 3 aromatic rings. The summed E-state index contributed by atoms with van der Waals surface area (Å²) in [4.78, 5) is 23.5. The lowest BCUT2D eigenvalue weighted by molar-refractivity contribution is 0.102. The summed E-state index contributed by atoms with van der Waals surface area (Å²) in [5.41, 5.74) is 4.76. The van der Waals surface area contributed by atoms with E-state index in [4.69, 9.17) is 0 Å². The average molecular weight is 372 g/mol. The number of carbonyl (C=O) groups excluding carboxylic acids is 1. The van der Waals surface area contributed by atoms with Gasteiger partial charge in [0.15, 0.2) is 5.82 Å². The van der Waals surface area contributed by atoms with Gasteiger partial charge in [-0.1, -0.05) is 44.2 Å². The molecule has 5 nitrogen and oxygen atoms in total. The van der Waals surface area contributed by atoms with Crippen LogP contribution in [-0.4, -0.2) is 21.9 Å². The molecule has 0 saturated carbocycles. The second kappa shape index (κ2) is 7.43. The molecular weight excluding hydrogens is 348 g/mol. The topological polar surface area (TPSA) is 58.1 Å². The standard InChI is InChI=1S/C23H24N4O/c1-15(2)17-8-10-19(11-9-17)26-23(28)20-13-25-22(14-24-20)27-16(3)12-18-6-4-5-7-21(18)27/h4-11,13-16H,12H2,1-3H3,(H,26,28). The van der Waals surface area contributed by atoms with Gasteiger partial charge < -0.3 is 10.2 Å². The number of fused-ring (bicyclic) bond motifs is 1. The van der Waals surface area contributed by atoms with Crippen molar-refractivity contribution in [3.8, 4) is 0 Å². The van der Waals surface area contributed by atoms with Crippen molar-refractivity contribution in [2.24, 2.45) is 0 Å². The molecule has 28 heavy (non-hydrogen) atoms. The maximum atomic E-state index is 12.5. The van der Waals surface area contributed by atoms with Gasteiger partial charge >= 0.3 is 0 Å². The SMILES string of the molecule is CC(C)c1ccc(NC(=O)c2cnc(N3c4ccccc4CC3C)cn2)cc1. The van der Waals surface area contributed by atoms with E-state index in [2.05, 4.69) is 59.2 Å². The van der Waals surface area contributed by atoms with Crippen LogP contribution in [0.15, 0.2) is 60.9 Å². The molecule has 4 rings (SSSR count). The second-order valence-corrected chi connectivity index (χ2v) is 7.54. The van der Waals surface area contributed by atoms with Gasteiger partial charge in [0.1, 0.15) is 5.69 Å². The largest absolute Gasteiger partial charge is 0.322 e. The summed E-state index contributed by atoms with van der Waals surface area (Å²) in [6, 6.07) is 16.5. The third-order valence-corrected chi connectivity index (χ3v) is 5.16. The molecule has 1 amide bonds. The quantitative estimate of drug-likeness (QED) is 0.705. The lowest BCUT2D eigenvalue weighted by Gasteiger charge is -2.23. The number of amides is 1. The van der Waals surface area contributed by atoms with Crippen LogP contribution in [0.4, 0.5) is 17.2 Å². The first-order valence-corrected chi connectivity index (χ1v) is 9.63. The molecule has 0 bridgehead atoms. The van der Waals surface area contributed by atoms with Crippen LogP contribution >= 0.6 is 0 Å². The second-order valence-electron chi connectivity index (χ2n) is 7.54. The Hall–Kier alpha value is -3.21. The first-order chi connectivity index (χ1) is 13.5. The number of aromatic nitrogens is 2. The summed E-state index contributed by atoms with van der Waals surface area (Å²) in [5, 5.41) is 2.88. The fourth-order valence-corrected chi connectivity index (χ4v) is 3.62. The zero-order chi connectivity index (χ0) is 19.7. The molecule has 0 saturated heterocycles. The van der Waals surface area contributed by atoms with Gasteiger partial charge in [0.05, 0.1) is 12.4 Å². The van der Waals surface area contributed by atoms with Crippen molar-refractivity contribution in [1.29, 1.82) is 0 Å². The Bertz CT molecular complexity index is 980. The molecule has 1 N–H and O–H groups in total. The highest BCUT2D eigenvalue weighted by Gasteiger charge is 2.27. The van der Waals surface area contributed by atoms with Crippen LogP contribution in [0, 0.1) is 0 Å². The predicted octanol–water partition coefficient (Wildman–Crippen LogP) is 4.94. The molecule has 2 aromatic carbocycles. The minimum absolute atomic E-state index is 0.258. The molecule has 0 aliphatic carbocycles. The number of anilines is 3. The highest BCUT2D eigenvalue weighted by molar-refractivity contribution is 6.02. The van der Waals surface area contributed by atoms with E-state index in [1.807, 2.05) is 30.3 Å². The van der Waals surface area contributed by atoms with Gasteiger partial charge in [-0.2, -0.15) is 0 Å². The first-order valence-electron chi connectivity index (χ1n) is 9.63. The molecule has 0 fully saturated rings. The molecule has 1 aliphatic rings. The molecule has 2 heterocycles. The van der Waals surface area contributed by atoms with Crippen molar-refractivity contribution in [2.75, 3.05) is 10.2 Å². The summed E-state index contributed by atoms with van der Waals surface area (Å²) in [7, 11) is 0. The smallest absolute Gasteiger partial charge is 0.275 e. The maximum Gasteiger partial charge on any atom is 0.275 e. The first kappa shape index (κ1) is 18.2. The van der Waals surface area contributed by atoms with Crippen molar-refractivity contribution in [3.05, 3.63) is 77.7 Å². The van der Waals surface area contributed by atoms with Gasteiger partial charge in [-0.15, -0.1) is 0 Å². The Morgan fingerprint density at radius 3 is 2.50 bits per heavy atom. The lowest BCUT2D eigenvalue weighted by Crippen LogP contribution is -2.25. The van der Waals surface area contributed by atoms with E-state index in [0.29, 0.717) is 17.7 Å². The van der Waals surface area contributed by atoms with Crippen LogP contribution in [0.3, 0.4) is 0 Å². The Labute approximate surface area is 165 Å². The van der Waals surface area contributed by atoms with Gasteiger partial charge in [-0.3, -0.25) is 4.79 Å². The van der Waals surface area contributed by atoms with E-state index in [1.54, 1.807) is 12.4 Å². The van der Waals surface area contributed by atoms with Crippen molar-refractivity contribution >= 4 is 23.1 Å². The number of carbonyl (C=O) groups is 1. The Morgan fingerprint density at radius 2 is 1.82 bits per heavy atom. The van der Waals surface area contributed by atoms with Crippen LogP contribution in [0.1, 0.15) is 48.3 Å². The number of nitrogens with one attached hydrogen (secondary N) is 1. The normalized spacial score (nSPS) is 15.6. The van der Waals surface area contributed by atoms with E-state index >= 15 is 0 Å². The third-order valence-electron chi connectivity index (χ3n) is 5.16. The maximum absolute atomic E-state index is 12.5. The summed E-state index contributed by atoms with van der Waals surface area (Å²) < 4.78 is 0. The number of rotatable bonds is 4. The van der Waals surface area contributed by atoms with Crippen LogP contribution in [0.5, 0.6) is 0 Å². The van der Waals surface area contributed by atoms with Crippen LogP contribution in [0.25, 0.3) is 0 Å². The Morgan fingerprint density at radius 1 is 1.07 bits per heavy atom. The van der Waals surface area contributed by atoms with Gasteiger partial charge in [-0.05, 0) is 48.6 Å². The minimum atomic E-state index is -0.258. The summed E-state index contributed by atoms with van der Waals surface area (Å²) in [6.07, 6.45) is 4.20. The van der Waals surface area contributed by atoms with E-state index in [9.17, 15) is 4.79 Å². The zero-order valence-corrected chi connectivity index (χ0v) is 16.4. The third kappa shape index (κ3) is 3.48. The monoisotopic (exact) mass is 372 g/mol. The van der Waals surface area contributed by atoms with Crippen molar-refractivity contribution in [3.63, 3.8) is 0 Å². The van der Waals surface area contributed by atoms with Crippen molar-refractivity contribution < 1.29 is 4.79 Å². The Kier molecular flexibility index (Phi) is 4.82. The molecule has 1 unspecified atom stereocenters. The predicted molar refractivity (Wildman–Crippen MR) is 112 cm³/mol. The molecule has 1 aliphatic heterocycles. The van der Waals surface area contributed by atoms with E-state index in [-0.39, 0.29) is 5.91 Å². The zero-order valence-electron chi connectivity index (χ0n) is 16.4. The van der Waals surface area contributed by atoms with Crippen molar-refractivity contribution in [2.45, 2.75) is 39.2 Å². The highest BCUT2D eigenvalue weighted by Crippen LogP contribution is 2.36. The highest BCUT2D eigenvalue weighted by atomic mass is 16.1. The number of para-hydroxylation sites is 1. The number of nitrogens with zero attached hydrogens (tertiary/aromatic N) is 3. The van der Waals surface area contributed by atoms with Crippen LogP contribution in [-0.2, 0) is 6.42 Å². The van der Waals surface area contributed by atoms with E-state index < -0.39 is 0 Å². The van der Waals surface area contributed by atoms with Crippen molar-refractivity contribution in [1.82, 2.24) is 9.97 Å². The fourth-order valence-electron chi connectivity index (χ4n) is 3.62. The molecule has 0 radical (unpaired) electrons. The minimum Gasteiger partial charge on any atom is -0.322 e. The fraction of sp³-hybridized carbons (Fsp3) is 0.261. The average Bonchev–Trinajstić information content (AvgIpc) is 3.04. The molecular formula is C23H24N4O. The number of hydrogen-bond acceptors (Lipinski definition) is 4. The summed E-state index contributed by atoms with van der Waals surface area (Å²) in [5.74, 6) is 0.961. The van der Waals surface area contributed by atoms with Crippen LogP contribution < -0.4 is 10.2 Å². The molecule has 0 spiro atoms. The van der Waals surface area contributed by atoms with Gasteiger partial charge in [0.2, 0.25) is 0 Å². The van der Waals surface area contributed by atoms with Gasteiger partial charge in [-0.25, -0.2) is 9.97 Å². The molecule has 5 heteroatoms. The summed E-state index contributed by atoms with van der Waals surface area (Å²) in [6.45, 7) is 6.46. The van der Waals surface area contributed by atoms with Crippen LogP contribution in [0.2, 0.25) is 0 Å². The molecule has 1 aromatic heterocycles. The number of benzene rings is 2. The molecule has 142 valence electrons. The van der Waals surface area contributed by atoms with E-state index in [1.165, 1.54) is 11.1 Å². The Balaban J connectivity index is 1.49. The van der Waals surface area contributed by atoms with E-state index in [0.717, 1.165) is 23.6 Å². The molecule has 1 atom stereocenters. The number of hydrogen-bond donors (Lipinski definition) is 1.